The standard InChI is InChI=1S/C18H15NO2/c1-21-17-8-9-18(20)15(11-17)12-19-16-7-6-13-4-2-3-5-14(13)10-16/h2-12,20H,1H3. The SMILES string of the molecule is COc1ccc(O)c(C=Nc2ccc3ccccc3c2)c1. The molecule has 3 nitrogen and oxygen atoms in total. The number of hydrogen-bond donors (Lipinski definition) is 1. The molecule has 0 saturated carbocycles. The van der Waals surface area contributed by atoms with Crippen molar-refractivity contribution in [2.24, 2.45) is 4.99 Å². The number of benzene rings is 3. The Balaban J connectivity index is 1.94. The van der Waals surface area contributed by atoms with Crippen LogP contribution in [0.5, 0.6) is 11.5 Å². The zero-order valence-corrected chi connectivity index (χ0v) is 11.7. The Hall–Kier alpha value is -2.81. The predicted molar refractivity (Wildman–Crippen MR) is 85.9 cm³/mol. The lowest BCUT2D eigenvalue weighted by molar-refractivity contribution is 0.412. The van der Waals surface area contributed by atoms with E-state index in [4.69, 9.17) is 4.74 Å². The van der Waals surface area contributed by atoms with Crippen molar-refractivity contribution in [3.8, 4) is 11.5 Å². The molecule has 3 rings (SSSR count). The van der Waals surface area contributed by atoms with E-state index in [9.17, 15) is 5.11 Å². The number of hydrogen-bond acceptors (Lipinski definition) is 3. The van der Waals surface area contributed by atoms with Crippen LogP contribution in [0.2, 0.25) is 0 Å². The molecule has 21 heavy (non-hydrogen) atoms. The number of phenols is 1. The topological polar surface area (TPSA) is 41.8 Å². The number of fused-ring (bicyclic) bond motifs is 1. The van der Waals surface area contributed by atoms with E-state index in [1.165, 1.54) is 5.39 Å². The largest absolute Gasteiger partial charge is 0.507 e. The molecule has 0 heterocycles. The number of rotatable bonds is 3. The molecule has 0 bridgehead atoms. The van der Waals surface area contributed by atoms with Gasteiger partial charge in [0.2, 0.25) is 0 Å². The van der Waals surface area contributed by atoms with Crippen molar-refractivity contribution in [1.82, 2.24) is 0 Å². The summed E-state index contributed by atoms with van der Waals surface area (Å²) in [5, 5.41) is 12.2. The first-order chi connectivity index (χ1) is 10.3. The Labute approximate surface area is 123 Å². The van der Waals surface area contributed by atoms with Crippen molar-refractivity contribution in [1.29, 1.82) is 0 Å². The van der Waals surface area contributed by atoms with Crippen LogP contribution in [0, 0.1) is 0 Å². The molecule has 3 aromatic carbocycles. The lowest BCUT2D eigenvalue weighted by Gasteiger charge is -2.03. The van der Waals surface area contributed by atoms with Crippen LogP contribution in [0.4, 0.5) is 5.69 Å². The van der Waals surface area contributed by atoms with Gasteiger partial charge in [-0.05, 0) is 41.1 Å². The highest BCUT2D eigenvalue weighted by atomic mass is 16.5. The maximum atomic E-state index is 9.83. The maximum Gasteiger partial charge on any atom is 0.124 e. The molecule has 104 valence electrons. The molecular formula is C18H15NO2. The van der Waals surface area contributed by atoms with Crippen molar-refractivity contribution in [3.63, 3.8) is 0 Å². The number of aromatic hydroxyl groups is 1. The summed E-state index contributed by atoms with van der Waals surface area (Å²) in [4.78, 5) is 4.42. The second kappa shape index (κ2) is 5.67. The van der Waals surface area contributed by atoms with Gasteiger partial charge in [0, 0.05) is 11.8 Å². The maximum absolute atomic E-state index is 9.83. The van der Waals surface area contributed by atoms with Gasteiger partial charge in [-0.3, -0.25) is 4.99 Å². The van der Waals surface area contributed by atoms with E-state index in [1.807, 2.05) is 30.3 Å². The Morgan fingerprint density at radius 2 is 1.76 bits per heavy atom. The number of nitrogens with zero attached hydrogens (tertiary/aromatic N) is 1. The third-order valence-corrected chi connectivity index (χ3v) is 3.32. The molecule has 1 N–H and O–H groups in total. The summed E-state index contributed by atoms with van der Waals surface area (Å²) in [6, 6.07) is 19.2. The van der Waals surface area contributed by atoms with Gasteiger partial charge in [0.05, 0.1) is 12.8 Å². The zero-order chi connectivity index (χ0) is 14.7. The molecule has 0 spiro atoms. The lowest BCUT2D eigenvalue weighted by atomic mass is 10.1. The summed E-state index contributed by atoms with van der Waals surface area (Å²) in [5.41, 5.74) is 1.47. The Kier molecular flexibility index (Phi) is 3.56. The Morgan fingerprint density at radius 1 is 0.952 bits per heavy atom. The van der Waals surface area contributed by atoms with Gasteiger partial charge in [-0.25, -0.2) is 0 Å². The van der Waals surface area contributed by atoms with Gasteiger partial charge >= 0.3 is 0 Å². The molecule has 3 heteroatoms. The highest BCUT2D eigenvalue weighted by molar-refractivity contribution is 5.89. The van der Waals surface area contributed by atoms with E-state index in [-0.39, 0.29) is 5.75 Å². The van der Waals surface area contributed by atoms with E-state index in [0.717, 1.165) is 11.1 Å². The van der Waals surface area contributed by atoms with E-state index in [1.54, 1.807) is 31.5 Å². The molecule has 0 radical (unpaired) electrons. The molecule has 0 aromatic heterocycles. The first-order valence-corrected chi connectivity index (χ1v) is 6.66. The summed E-state index contributed by atoms with van der Waals surface area (Å²) in [5.74, 6) is 0.869. The highest BCUT2D eigenvalue weighted by Gasteiger charge is 2.01. The Bertz CT molecular complexity index is 809. The van der Waals surface area contributed by atoms with Crippen molar-refractivity contribution in [3.05, 3.63) is 66.2 Å². The van der Waals surface area contributed by atoms with Gasteiger partial charge in [0.15, 0.2) is 0 Å². The predicted octanol–water partition coefficient (Wildman–Crippen LogP) is 4.30. The lowest BCUT2D eigenvalue weighted by Crippen LogP contribution is -1.87. The summed E-state index contributed by atoms with van der Waals surface area (Å²) in [6.07, 6.45) is 1.64. The summed E-state index contributed by atoms with van der Waals surface area (Å²) < 4.78 is 5.15. The molecule has 0 amide bonds. The van der Waals surface area contributed by atoms with Crippen LogP contribution >= 0.6 is 0 Å². The van der Waals surface area contributed by atoms with Crippen LogP contribution < -0.4 is 4.74 Å². The van der Waals surface area contributed by atoms with Gasteiger partial charge in [-0.2, -0.15) is 0 Å². The number of phenolic OH excluding ortho intramolecular Hbond substituents is 1. The molecule has 0 fully saturated rings. The minimum Gasteiger partial charge on any atom is -0.507 e. The molecule has 0 aliphatic heterocycles. The van der Waals surface area contributed by atoms with Crippen molar-refractivity contribution in [2.75, 3.05) is 7.11 Å². The fraction of sp³-hybridized carbons (Fsp3) is 0.0556. The minimum atomic E-state index is 0.181. The van der Waals surface area contributed by atoms with Crippen LogP contribution in [0.25, 0.3) is 10.8 Å². The fourth-order valence-electron chi connectivity index (χ4n) is 2.16. The van der Waals surface area contributed by atoms with Gasteiger partial charge in [-0.15, -0.1) is 0 Å². The minimum absolute atomic E-state index is 0.181. The first-order valence-electron chi connectivity index (χ1n) is 6.66. The van der Waals surface area contributed by atoms with Gasteiger partial charge in [0.25, 0.3) is 0 Å². The van der Waals surface area contributed by atoms with Gasteiger partial charge in [-0.1, -0.05) is 30.3 Å². The van der Waals surface area contributed by atoms with E-state index in [0.29, 0.717) is 11.3 Å². The monoisotopic (exact) mass is 277 g/mol. The second-order valence-corrected chi connectivity index (χ2v) is 4.71. The molecule has 0 aliphatic carbocycles. The quantitative estimate of drug-likeness (QED) is 0.725. The van der Waals surface area contributed by atoms with Crippen LogP contribution in [-0.4, -0.2) is 18.4 Å². The third-order valence-electron chi connectivity index (χ3n) is 3.32. The third kappa shape index (κ3) is 2.87. The smallest absolute Gasteiger partial charge is 0.124 e. The highest BCUT2D eigenvalue weighted by Crippen LogP contribution is 2.24. The van der Waals surface area contributed by atoms with E-state index in [2.05, 4.69) is 17.1 Å². The number of ether oxygens (including phenoxy) is 1. The summed E-state index contributed by atoms with van der Waals surface area (Å²) >= 11 is 0. The van der Waals surface area contributed by atoms with Crippen molar-refractivity contribution in [2.45, 2.75) is 0 Å². The molecule has 3 aromatic rings. The molecule has 0 unspecified atom stereocenters. The summed E-state index contributed by atoms with van der Waals surface area (Å²) in [7, 11) is 1.59. The van der Waals surface area contributed by atoms with Crippen LogP contribution in [0.1, 0.15) is 5.56 Å². The molecule has 0 atom stereocenters. The second-order valence-electron chi connectivity index (χ2n) is 4.71. The Morgan fingerprint density at radius 3 is 2.57 bits per heavy atom. The van der Waals surface area contributed by atoms with E-state index < -0.39 is 0 Å². The van der Waals surface area contributed by atoms with Crippen LogP contribution in [0.15, 0.2) is 65.7 Å². The zero-order valence-electron chi connectivity index (χ0n) is 11.7. The van der Waals surface area contributed by atoms with Crippen LogP contribution in [-0.2, 0) is 0 Å². The molecule has 0 saturated heterocycles. The van der Waals surface area contributed by atoms with Gasteiger partial charge < -0.3 is 9.84 Å². The average Bonchev–Trinajstić information content (AvgIpc) is 2.54. The van der Waals surface area contributed by atoms with Gasteiger partial charge in [0.1, 0.15) is 11.5 Å². The molecule has 0 aliphatic rings. The van der Waals surface area contributed by atoms with Crippen molar-refractivity contribution >= 4 is 22.7 Å². The normalized spacial score (nSPS) is 11.1. The number of aliphatic imine (C=N–C) groups is 1. The van der Waals surface area contributed by atoms with E-state index >= 15 is 0 Å². The fourth-order valence-corrected chi connectivity index (χ4v) is 2.16. The molecular weight excluding hydrogens is 262 g/mol. The van der Waals surface area contributed by atoms with Crippen molar-refractivity contribution < 1.29 is 9.84 Å². The number of methoxy groups -OCH3 is 1. The van der Waals surface area contributed by atoms with Crippen LogP contribution in [0.3, 0.4) is 0 Å². The summed E-state index contributed by atoms with van der Waals surface area (Å²) in [6.45, 7) is 0. The average molecular weight is 277 g/mol. The first kappa shape index (κ1) is 13.2.